The first-order valence-electron chi connectivity index (χ1n) is 7.96. The topological polar surface area (TPSA) is 57.7 Å². The Morgan fingerprint density at radius 1 is 0.923 bits per heavy atom. The smallest absolute Gasteiger partial charge is 0.336 e. The molecule has 0 aliphatic carbocycles. The summed E-state index contributed by atoms with van der Waals surface area (Å²) >= 11 is 0. The van der Waals surface area contributed by atoms with Crippen molar-refractivity contribution in [3.05, 3.63) is 84.6 Å². The van der Waals surface area contributed by atoms with Crippen LogP contribution in [0.4, 0.5) is 0 Å². The number of hydrogen-bond donors (Lipinski definition) is 0. The molecule has 0 radical (unpaired) electrons. The monoisotopic (exact) mass is 347 g/mol. The van der Waals surface area contributed by atoms with Crippen LogP contribution in [0.1, 0.15) is 5.56 Å². The first-order valence-corrected chi connectivity index (χ1v) is 7.96. The summed E-state index contributed by atoms with van der Waals surface area (Å²) < 4.78 is 16.0. The van der Waals surface area contributed by atoms with E-state index in [0.717, 1.165) is 11.3 Å². The Balaban J connectivity index is 1.58. The standard InChI is InChI=1S/C21H17NO4/c1-24-19-6-4-5-16(15-19)8-13-21(23)26-18-11-9-17(10-12-18)25-20-7-2-3-14-22-20/h2-15H,1H3/b13-8+. The summed E-state index contributed by atoms with van der Waals surface area (Å²) in [6, 6.07) is 19.5. The molecule has 0 saturated heterocycles. The van der Waals surface area contributed by atoms with Gasteiger partial charge in [0.15, 0.2) is 0 Å². The van der Waals surface area contributed by atoms with Crippen molar-refractivity contribution >= 4 is 12.0 Å². The molecule has 5 heteroatoms. The van der Waals surface area contributed by atoms with Crippen LogP contribution >= 0.6 is 0 Å². The molecule has 1 aromatic heterocycles. The molecule has 26 heavy (non-hydrogen) atoms. The molecule has 0 fully saturated rings. The number of aromatic nitrogens is 1. The minimum Gasteiger partial charge on any atom is -0.497 e. The maximum absolute atomic E-state index is 11.9. The number of ether oxygens (including phenoxy) is 3. The highest BCUT2D eigenvalue weighted by Gasteiger charge is 2.03. The Hall–Kier alpha value is -3.60. The van der Waals surface area contributed by atoms with Gasteiger partial charge in [-0.2, -0.15) is 0 Å². The average Bonchev–Trinajstić information content (AvgIpc) is 2.69. The Labute approximate surface area is 151 Å². The number of esters is 1. The van der Waals surface area contributed by atoms with Gasteiger partial charge in [0.25, 0.3) is 0 Å². The normalized spacial score (nSPS) is 10.5. The van der Waals surface area contributed by atoms with E-state index in [1.165, 1.54) is 6.08 Å². The molecule has 0 aliphatic rings. The van der Waals surface area contributed by atoms with Gasteiger partial charge in [-0.1, -0.05) is 18.2 Å². The Morgan fingerprint density at radius 2 is 1.73 bits per heavy atom. The second kappa shape index (κ2) is 8.48. The Bertz CT molecular complexity index is 889. The fraction of sp³-hybridized carbons (Fsp3) is 0.0476. The predicted octanol–water partition coefficient (Wildman–Crippen LogP) is 4.50. The van der Waals surface area contributed by atoms with E-state index in [1.54, 1.807) is 49.7 Å². The van der Waals surface area contributed by atoms with E-state index < -0.39 is 5.97 Å². The molecule has 3 aromatic rings. The number of carbonyl (C=O) groups excluding carboxylic acids is 1. The van der Waals surface area contributed by atoms with Crippen molar-refractivity contribution in [1.82, 2.24) is 4.98 Å². The number of carbonyl (C=O) groups is 1. The lowest BCUT2D eigenvalue weighted by Crippen LogP contribution is -2.03. The molecule has 5 nitrogen and oxygen atoms in total. The summed E-state index contributed by atoms with van der Waals surface area (Å²) in [7, 11) is 1.60. The van der Waals surface area contributed by atoms with Crippen molar-refractivity contribution in [2.24, 2.45) is 0 Å². The molecule has 2 aromatic carbocycles. The third-order valence-electron chi connectivity index (χ3n) is 3.41. The van der Waals surface area contributed by atoms with Gasteiger partial charge in [0.05, 0.1) is 7.11 Å². The Morgan fingerprint density at radius 3 is 2.46 bits per heavy atom. The van der Waals surface area contributed by atoms with Gasteiger partial charge in [0.2, 0.25) is 5.88 Å². The zero-order chi connectivity index (χ0) is 18.2. The van der Waals surface area contributed by atoms with Crippen LogP contribution in [0.2, 0.25) is 0 Å². The summed E-state index contributed by atoms with van der Waals surface area (Å²) in [6.07, 6.45) is 4.69. The zero-order valence-electron chi connectivity index (χ0n) is 14.2. The van der Waals surface area contributed by atoms with E-state index >= 15 is 0 Å². The second-order valence-corrected chi connectivity index (χ2v) is 5.27. The summed E-state index contributed by atoms with van der Waals surface area (Å²) in [4.78, 5) is 16.0. The van der Waals surface area contributed by atoms with Gasteiger partial charge < -0.3 is 14.2 Å². The Kier molecular flexibility index (Phi) is 5.62. The highest BCUT2D eigenvalue weighted by Crippen LogP contribution is 2.22. The van der Waals surface area contributed by atoms with Crippen molar-refractivity contribution < 1.29 is 19.0 Å². The fourth-order valence-corrected chi connectivity index (χ4v) is 2.16. The van der Waals surface area contributed by atoms with Crippen molar-refractivity contribution in [3.8, 4) is 23.1 Å². The number of rotatable bonds is 6. The highest BCUT2D eigenvalue weighted by molar-refractivity contribution is 5.88. The number of benzene rings is 2. The molecule has 0 aliphatic heterocycles. The molecule has 0 atom stereocenters. The van der Waals surface area contributed by atoms with E-state index in [-0.39, 0.29) is 0 Å². The fourth-order valence-electron chi connectivity index (χ4n) is 2.16. The SMILES string of the molecule is COc1cccc(/C=C/C(=O)Oc2ccc(Oc3ccccn3)cc2)c1. The minimum absolute atomic E-state index is 0.429. The van der Waals surface area contributed by atoms with Crippen molar-refractivity contribution in [1.29, 1.82) is 0 Å². The molecule has 0 spiro atoms. The maximum atomic E-state index is 11.9. The lowest BCUT2D eigenvalue weighted by molar-refractivity contribution is -0.128. The summed E-state index contributed by atoms with van der Waals surface area (Å²) in [5, 5.41) is 0. The number of hydrogen-bond acceptors (Lipinski definition) is 5. The molecule has 130 valence electrons. The van der Waals surface area contributed by atoms with Crippen LogP contribution < -0.4 is 14.2 Å². The van der Waals surface area contributed by atoms with Crippen molar-refractivity contribution in [2.45, 2.75) is 0 Å². The molecule has 0 N–H and O–H groups in total. The van der Waals surface area contributed by atoms with E-state index in [0.29, 0.717) is 17.4 Å². The van der Waals surface area contributed by atoms with Crippen LogP contribution in [0.15, 0.2) is 79.0 Å². The van der Waals surface area contributed by atoms with Crippen molar-refractivity contribution in [2.75, 3.05) is 7.11 Å². The maximum Gasteiger partial charge on any atom is 0.336 e. The lowest BCUT2D eigenvalue weighted by atomic mass is 10.2. The molecule has 0 saturated carbocycles. The van der Waals surface area contributed by atoms with Gasteiger partial charge in [0.1, 0.15) is 17.2 Å². The third-order valence-corrected chi connectivity index (χ3v) is 3.41. The van der Waals surface area contributed by atoms with Crippen LogP contribution in [-0.4, -0.2) is 18.1 Å². The van der Waals surface area contributed by atoms with Crippen LogP contribution in [0, 0.1) is 0 Å². The number of pyridine rings is 1. The van der Waals surface area contributed by atoms with E-state index in [1.807, 2.05) is 36.4 Å². The van der Waals surface area contributed by atoms with Gasteiger partial charge >= 0.3 is 5.97 Å². The van der Waals surface area contributed by atoms with Gasteiger partial charge in [-0.25, -0.2) is 9.78 Å². The van der Waals surface area contributed by atoms with Crippen LogP contribution in [0.25, 0.3) is 6.08 Å². The average molecular weight is 347 g/mol. The number of nitrogens with zero attached hydrogens (tertiary/aromatic N) is 1. The zero-order valence-corrected chi connectivity index (χ0v) is 14.2. The second-order valence-electron chi connectivity index (χ2n) is 5.27. The largest absolute Gasteiger partial charge is 0.497 e. The van der Waals surface area contributed by atoms with Crippen LogP contribution in [-0.2, 0) is 4.79 Å². The third kappa shape index (κ3) is 4.95. The van der Waals surface area contributed by atoms with E-state index in [9.17, 15) is 4.79 Å². The van der Waals surface area contributed by atoms with Gasteiger partial charge in [-0.05, 0) is 54.1 Å². The van der Waals surface area contributed by atoms with Crippen molar-refractivity contribution in [3.63, 3.8) is 0 Å². The minimum atomic E-state index is -0.466. The molecular weight excluding hydrogens is 330 g/mol. The molecule has 0 amide bonds. The van der Waals surface area contributed by atoms with E-state index in [4.69, 9.17) is 14.2 Å². The summed E-state index contributed by atoms with van der Waals surface area (Å²) in [5.74, 6) is 1.79. The molecule has 0 bridgehead atoms. The van der Waals surface area contributed by atoms with Gasteiger partial charge in [-0.3, -0.25) is 0 Å². The number of methoxy groups -OCH3 is 1. The molecule has 1 heterocycles. The molecule has 0 unspecified atom stereocenters. The first-order chi connectivity index (χ1) is 12.7. The highest BCUT2D eigenvalue weighted by atomic mass is 16.5. The summed E-state index contributed by atoms with van der Waals surface area (Å²) in [6.45, 7) is 0. The van der Waals surface area contributed by atoms with E-state index in [2.05, 4.69) is 4.98 Å². The lowest BCUT2D eigenvalue weighted by Gasteiger charge is -2.05. The first kappa shape index (κ1) is 17.2. The van der Waals surface area contributed by atoms with Gasteiger partial charge in [0, 0.05) is 18.3 Å². The quantitative estimate of drug-likeness (QED) is 0.373. The van der Waals surface area contributed by atoms with Crippen LogP contribution in [0.5, 0.6) is 23.1 Å². The van der Waals surface area contributed by atoms with Gasteiger partial charge in [-0.15, -0.1) is 0 Å². The van der Waals surface area contributed by atoms with Crippen LogP contribution in [0.3, 0.4) is 0 Å². The molecule has 3 rings (SSSR count). The molecular formula is C21H17NO4. The predicted molar refractivity (Wildman–Crippen MR) is 98.4 cm³/mol. The summed E-state index contributed by atoms with van der Waals surface area (Å²) in [5.41, 5.74) is 0.848.